The summed E-state index contributed by atoms with van der Waals surface area (Å²) in [6.07, 6.45) is 2.48. The zero-order valence-corrected chi connectivity index (χ0v) is 11.5. The zero-order chi connectivity index (χ0) is 13.4. The van der Waals surface area contributed by atoms with Gasteiger partial charge in [0.2, 0.25) is 5.95 Å². The molecule has 0 atom stereocenters. The van der Waals surface area contributed by atoms with E-state index in [9.17, 15) is 4.39 Å². The molecule has 2 heterocycles. The van der Waals surface area contributed by atoms with Crippen LogP contribution < -0.4 is 16.2 Å². The monoisotopic (exact) mass is 323 g/mol. The zero-order valence-electron chi connectivity index (χ0n) is 9.90. The number of nitrogens with one attached hydrogen (secondary N) is 1. The molecule has 1 aliphatic heterocycles. The highest BCUT2D eigenvalue weighted by Crippen LogP contribution is 2.37. The van der Waals surface area contributed by atoms with Gasteiger partial charge in [0.15, 0.2) is 5.82 Å². The number of nitrogens with zero attached hydrogens (tertiary/aromatic N) is 3. The lowest BCUT2D eigenvalue weighted by atomic mass is 10.2. The summed E-state index contributed by atoms with van der Waals surface area (Å²) in [5.74, 6) is 6.06. The molecule has 0 spiro atoms. The average molecular weight is 324 g/mol. The van der Waals surface area contributed by atoms with E-state index in [2.05, 4.69) is 31.3 Å². The van der Waals surface area contributed by atoms with E-state index in [0.717, 1.165) is 28.7 Å². The predicted octanol–water partition coefficient (Wildman–Crippen LogP) is 2.36. The first kappa shape index (κ1) is 12.3. The Bertz CT molecular complexity index is 634. The molecule has 1 aromatic carbocycles. The number of nitrogen functional groups attached to an aromatic ring is 1. The largest absolute Gasteiger partial charge is 0.325 e. The summed E-state index contributed by atoms with van der Waals surface area (Å²) in [6, 6.07) is 4.80. The minimum Gasteiger partial charge on any atom is -0.325 e. The Morgan fingerprint density at radius 1 is 1.42 bits per heavy atom. The highest BCUT2D eigenvalue weighted by molar-refractivity contribution is 9.10. The number of rotatable bonds is 2. The van der Waals surface area contributed by atoms with E-state index in [1.54, 1.807) is 6.20 Å². The maximum atomic E-state index is 13.4. The van der Waals surface area contributed by atoms with Gasteiger partial charge in [-0.3, -0.25) is 5.43 Å². The van der Waals surface area contributed by atoms with Gasteiger partial charge in [-0.25, -0.2) is 15.2 Å². The van der Waals surface area contributed by atoms with E-state index >= 15 is 0 Å². The van der Waals surface area contributed by atoms with Crippen molar-refractivity contribution in [1.29, 1.82) is 0 Å². The fourth-order valence-corrected chi connectivity index (χ4v) is 2.59. The number of nitrogens with two attached hydrogens (primary N) is 1. The Hall–Kier alpha value is -1.73. The topological polar surface area (TPSA) is 67.1 Å². The van der Waals surface area contributed by atoms with E-state index in [1.807, 2.05) is 11.0 Å². The quantitative estimate of drug-likeness (QED) is 0.656. The Kier molecular flexibility index (Phi) is 3.08. The number of hydrogen-bond donors (Lipinski definition) is 2. The van der Waals surface area contributed by atoms with Gasteiger partial charge < -0.3 is 4.90 Å². The van der Waals surface area contributed by atoms with Crippen LogP contribution in [0.15, 0.2) is 28.9 Å². The highest BCUT2D eigenvalue weighted by Gasteiger charge is 2.24. The molecule has 19 heavy (non-hydrogen) atoms. The van der Waals surface area contributed by atoms with Gasteiger partial charge in [0, 0.05) is 18.4 Å². The summed E-state index contributed by atoms with van der Waals surface area (Å²) in [6.45, 7) is 0.748. The number of halogens is 2. The summed E-state index contributed by atoms with van der Waals surface area (Å²) >= 11 is 3.41. The molecule has 5 nitrogen and oxygen atoms in total. The van der Waals surface area contributed by atoms with Crippen molar-refractivity contribution in [2.75, 3.05) is 16.9 Å². The lowest BCUT2D eigenvalue weighted by Gasteiger charge is -2.20. The molecule has 3 rings (SSSR count). The third-order valence-corrected chi connectivity index (χ3v) is 3.61. The van der Waals surface area contributed by atoms with Crippen LogP contribution in [0, 0.1) is 5.82 Å². The van der Waals surface area contributed by atoms with Crippen molar-refractivity contribution in [3.05, 3.63) is 40.2 Å². The highest BCUT2D eigenvalue weighted by atomic mass is 79.9. The van der Waals surface area contributed by atoms with Crippen molar-refractivity contribution in [1.82, 2.24) is 9.97 Å². The van der Waals surface area contributed by atoms with Gasteiger partial charge in [-0.2, -0.15) is 4.98 Å². The SMILES string of the molecule is NNc1ncc(Br)c(N2CCc3ccc(F)cc32)n1. The van der Waals surface area contributed by atoms with Crippen LogP contribution in [0.25, 0.3) is 0 Å². The first-order chi connectivity index (χ1) is 9.19. The van der Waals surface area contributed by atoms with Gasteiger partial charge >= 0.3 is 0 Å². The summed E-state index contributed by atoms with van der Waals surface area (Å²) in [5.41, 5.74) is 4.35. The Morgan fingerprint density at radius 2 is 2.26 bits per heavy atom. The van der Waals surface area contributed by atoms with E-state index in [0.29, 0.717) is 11.8 Å². The van der Waals surface area contributed by atoms with E-state index in [1.165, 1.54) is 12.1 Å². The average Bonchev–Trinajstić information content (AvgIpc) is 2.82. The molecule has 0 saturated heterocycles. The Labute approximate surface area is 117 Å². The van der Waals surface area contributed by atoms with Gasteiger partial charge in [0.05, 0.1) is 4.47 Å². The molecule has 0 amide bonds. The normalized spacial score (nSPS) is 13.5. The number of hydrazine groups is 1. The Balaban J connectivity index is 2.08. The third-order valence-electron chi connectivity index (χ3n) is 3.05. The van der Waals surface area contributed by atoms with Crippen LogP contribution in [0.2, 0.25) is 0 Å². The molecule has 0 saturated carbocycles. The predicted molar refractivity (Wildman–Crippen MR) is 74.7 cm³/mol. The van der Waals surface area contributed by atoms with Crippen LogP contribution >= 0.6 is 15.9 Å². The molecule has 98 valence electrons. The second-order valence-electron chi connectivity index (χ2n) is 4.18. The van der Waals surface area contributed by atoms with Crippen molar-refractivity contribution in [3.8, 4) is 0 Å². The van der Waals surface area contributed by atoms with Gasteiger partial charge in [-0.05, 0) is 40.0 Å². The number of benzene rings is 1. The molecule has 0 aliphatic carbocycles. The summed E-state index contributed by atoms with van der Waals surface area (Å²) in [5, 5.41) is 0. The van der Waals surface area contributed by atoms with Gasteiger partial charge in [0.25, 0.3) is 0 Å². The molecular weight excluding hydrogens is 313 g/mol. The summed E-state index contributed by atoms with van der Waals surface area (Å²) < 4.78 is 14.1. The Morgan fingerprint density at radius 3 is 3.05 bits per heavy atom. The number of fused-ring (bicyclic) bond motifs is 1. The van der Waals surface area contributed by atoms with Crippen LogP contribution in [-0.4, -0.2) is 16.5 Å². The molecule has 3 N–H and O–H groups in total. The summed E-state index contributed by atoms with van der Waals surface area (Å²) in [7, 11) is 0. The van der Waals surface area contributed by atoms with E-state index in [4.69, 9.17) is 5.84 Å². The molecule has 0 fully saturated rings. The molecule has 0 radical (unpaired) electrons. The van der Waals surface area contributed by atoms with Crippen LogP contribution in [0.1, 0.15) is 5.56 Å². The van der Waals surface area contributed by atoms with Crippen molar-refractivity contribution in [3.63, 3.8) is 0 Å². The van der Waals surface area contributed by atoms with Crippen LogP contribution in [0.3, 0.4) is 0 Å². The number of hydrogen-bond acceptors (Lipinski definition) is 5. The standard InChI is InChI=1S/C12H11BrFN5/c13-9-6-16-12(18-15)17-11(9)19-4-3-7-1-2-8(14)5-10(7)19/h1-2,5-6H,3-4,15H2,(H,16,17,18). The lowest BCUT2D eigenvalue weighted by Crippen LogP contribution is -2.18. The van der Waals surface area contributed by atoms with E-state index < -0.39 is 0 Å². The molecule has 1 aromatic heterocycles. The molecule has 1 aliphatic rings. The van der Waals surface area contributed by atoms with Crippen molar-refractivity contribution >= 4 is 33.4 Å². The molecule has 0 bridgehead atoms. The maximum absolute atomic E-state index is 13.4. The smallest absolute Gasteiger partial charge is 0.239 e. The van der Waals surface area contributed by atoms with Crippen molar-refractivity contribution in [2.24, 2.45) is 5.84 Å². The van der Waals surface area contributed by atoms with E-state index in [-0.39, 0.29) is 5.82 Å². The van der Waals surface area contributed by atoms with Crippen LogP contribution in [-0.2, 0) is 6.42 Å². The fraction of sp³-hybridized carbons (Fsp3) is 0.167. The van der Waals surface area contributed by atoms with Gasteiger partial charge in [0.1, 0.15) is 5.82 Å². The fourth-order valence-electron chi connectivity index (χ4n) is 2.19. The van der Waals surface area contributed by atoms with Crippen LogP contribution in [0.5, 0.6) is 0 Å². The second kappa shape index (κ2) is 4.75. The third kappa shape index (κ3) is 2.15. The first-order valence-corrected chi connectivity index (χ1v) is 6.53. The van der Waals surface area contributed by atoms with Gasteiger partial charge in [-0.1, -0.05) is 6.07 Å². The maximum Gasteiger partial charge on any atom is 0.239 e. The van der Waals surface area contributed by atoms with Crippen molar-refractivity contribution in [2.45, 2.75) is 6.42 Å². The van der Waals surface area contributed by atoms with Crippen LogP contribution in [0.4, 0.5) is 21.8 Å². The minimum absolute atomic E-state index is 0.256. The minimum atomic E-state index is -0.256. The molecular formula is C12H11BrFN5. The molecule has 2 aromatic rings. The van der Waals surface area contributed by atoms with Crippen molar-refractivity contribution < 1.29 is 4.39 Å². The summed E-state index contributed by atoms with van der Waals surface area (Å²) in [4.78, 5) is 10.3. The lowest BCUT2D eigenvalue weighted by molar-refractivity contribution is 0.628. The number of aromatic nitrogens is 2. The van der Waals surface area contributed by atoms with Gasteiger partial charge in [-0.15, -0.1) is 0 Å². The number of anilines is 3. The molecule has 7 heteroatoms. The second-order valence-corrected chi connectivity index (χ2v) is 5.04. The molecule has 0 unspecified atom stereocenters. The first-order valence-electron chi connectivity index (χ1n) is 5.74.